The summed E-state index contributed by atoms with van der Waals surface area (Å²) in [5.74, 6) is -0.606. The van der Waals surface area contributed by atoms with Gasteiger partial charge >= 0.3 is 6.18 Å². The SMILES string of the molecule is CC(CNc1ccc([N+](=O)[O-])c(C(F)(F)F)c1)CC1(C)OCCO1. The first-order valence-electron chi connectivity index (χ1n) is 7.48. The van der Waals surface area contributed by atoms with E-state index in [9.17, 15) is 23.3 Å². The number of halogens is 3. The Morgan fingerprint density at radius 2 is 2.00 bits per heavy atom. The molecule has 6 nitrogen and oxygen atoms in total. The second kappa shape index (κ2) is 6.94. The van der Waals surface area contributed by atoms with Gasteiger partial charge in [0.1, 0.15) is 5.56 Å². The molecule has 24 heavy (non-hydrogen) atoms. The molecule has 1 fully saturated rings. The van der Waals surface area contributed by atoms with Crippen molar-refractivity contribution in [3.63, 3.8) is 0 Å². The first-order valence-corrected chi connectivity index (χ1v) is 7.48. The number of rotatable bonds is 6. The van der Waals surface area contributed by atoms with E-state index >= 15 is 0 Å². The van der Waals surface area contributed by atoms with Gasteiger partial charge in [0.05, 0.1) is 18.1 Å². The van der Waals surface area contributed by atoms with E-state index in [0.717, 1.165) is 12.1 Å². The maximum absolute atomic E-state index is 12.9. The number of anilines is 1. The average Bonchev–Trinajstić information content (AvgIpc) is 2.90. The van der Waals surface area contributed by atoms with Crippen molar-refractivity contribution in [2.45, 2.75) is 32.2 Å². The zero-order valence-corrected chi connectivity index (χ0v) is 13.4. The van der Waals surface area contributed by atoms with Crippen molar-refractivity contribution >= 4 is 11.4 Å². The van der Waals surface area contributed by atoms with Crippen LogP contribution in [0.15, 0.2) is 18.2 Å². The number of alkyl halides is 3. The summed E-state index contributed by atoms with van der Waals surface area (Å²) < 4.78 is 49.8. The summed E-state index contributed by atoms with van der Waals surface area (Å²) in [6.07, 6.45) is -4.20. The third kappa shape index (κ3) is 4.57. The minimum absolute atomic E-state index is 0.0672. The van der Waals surface area contributed by atoms with Gasteiger partial charge in [-0.15, -0.1) is 0 Å². The highest BCUT2D eigenvalue weighted by Gasteiger charge is 2.38. The van der Waals surface area contributed by atoms with Crippen LogP contribution in [0.1, 0.15) is 25.8 Å². The minimum Gasteiger partial charge on any atom is -0.385 e. The number of nitro groups is 1. The Morgan fingerprint density at radius 3 is 2.54 bits per heavy atom. The van der Waals surface area contributed by atoms with E-state index in [0.29, 0.717) is 26.2 Å². The molecule has 134 valence electrons. The molecule has 0 aliphatic carbocycles. The molecule has 0 radical (unpaired) electrons. The van der Waals surface area contributed by atoms with Crippen molar-refractivity contribution in [3.8, 4) is 0 Å². The van der Waals surface area contributed by atoms with E-state index in [2.05, 4.69) is 5.32 Å². The first kappa shape index (κ1) is 18.5. The molecule has 1 heterocycles. The van der Waals surface area contributed by atoms with Gasteiger partial charge in [0, 0.05) is 24.7 Å². The second-order valence-corrected chi connectivity index (χ2v) is 6.01. The Bertz CT molecular complexity index is 601. The lowest BCUT2D eigenvalue weighted by Crippen LogP contribution is -2.30. The van der Waals surface area contributed by atoms with Crippen molar-refractivity contribution in [1.29, 1.82) is 0 Å². The molecule has 1 unspecified atom stereocenters. The lowest BCUT2D eigenvalue weighted by Gasteiger charge is -2.26. The summed E-state index contributed by atoms with van der Waals surface area (Å²) in [6, 6.07) is 2.89. The standard InChI is InChI=1S/C15H19F3N2O4/c1-10(8-14(2)23-5-6-24-14)9-19-11-3-4-13(20(21)22)12(7-11)15(16,17)18/h3-4,7,10,19H,5-6,8-9H2,1-2H3. The van der Waals surface area contributed by atoms with Crippen LogP contribution in [0.3, 0.4) is 0 Å². The molecule has 1 saturated heterocycles. The van der Waals surface area contributed by atoms with Crippen LogP contribution in [0.2, 0.25) is 0 Å². The fourth-order valence-corrected chi connectivity index (χ4v) is 2.70. The molecule has 1 N–H and O–H groups in total. The van der Waals surface area contributed by atoms with E-state index in [1.54, 1.807) is 0 Å². The molecule has 9 heteroatoms. The molecule has 0 amide bonds. The van der Waals surface area contributed by atoms with Crippen LogP contribution in [-0.4, -0.2) is 30.5 Å². The Hall–Kier alpha value is -1.87. The molecule has 1 atom stereocenters. The molecule has 1 aliphatic rings. The summed E-state index contributed by atoms with van der Waals surface area (Å²) >= 11 is 0. The van der Waals surface area contributed by atoms with Gasteiger partial charge in [-0.05, 0) is 25.0 Å². The van der Waals surface area contributed by atoms with E-state index in [1.807, 2.05) is 13.8 Å². The maximum Gasteiger partial charge on any atom is 0.423 e. The third-order valence-electron chi connectivity index (χ3n) is 3.77. The summed E-state index contributed by atoms with van der Waals surface area (Å²) in [6.45, 7) is 5.17. The van der Waals surface area contributed by atoms with Crippen LogP contribution < -0.4 is 5.32 Å². The Labute approximate surface area is 137 Å². The van der Waals surface area contributed by atoms with Crippen molar-refractivity contribution in [2.24, 2.45) is 5.92 Å². The van der Waals surface area contributed by atoms with Gasteiger partial charge in [-0.25, -0.2) is 0 Å². The third-order valence-corrected chi connectivity index (χ3v) is 3.77. The number of nitrogens with one attached hydrogen (secondary N) is 1. The fraction of sp³-hybridized carbons (Fsp3) is 0.600. The van der Waals surface area contributed by atoms with Gasteiger partial charge in [0.2, 0.25) is 0 Å². The predicted molar refractivity (Wildman–Crippen MR) is 80.7 cm³/mol. The molecular weight excluding hydrogens is 329 g/mol. The zero-order valence-electron chi connectivity index (χ0n) is 13.4. The van der Waals surface area contributed by atoms with E-state index in [1.165, 1.54) is 6.07 Å². The maximum atomic E-state index is 12.9. The molecule has 1 aliphatic heterocycles. The predicted octanol–water partition coefficient (Wildman–Crippen LogP) is 3.81. The van der Waals surface area contributed by atoms with E-state index < -0.39 is 28.1 Å². The largest absolute Gasteiger partial charge is 0.423 e. The van der Waals surface area contributed by atoms with Crippen LogP contribution >= 0.6 is 0 Å². The normalized spacial score (nSPS) is 18.4. The van der Waals surface area contributed by atoms with Crippen molar-refractivity contribution in [1.82, 2.24) is 0 Å². The van der Waals surface area contributed by atoms with Gasteiger partial charge < -0.3 is 14.8 Å². The summed E-state index contributed by atoms with van der Waals surface area (Å²) in [5, 5.41) is 13.6. The number of ether oxygens (including phenoxy) is 2. The second-order valence-electron chi connectivity index (χ2n) is 6.01. The van der Waals surface area contributed by atoms with Gasteiger partial charge in [0.25, 0.3) is 5.69 Å². The molecule has 0 bridgehead atoms. The van der Waals surface area contributed by atoms with Crippen LogP contribution in [0, 0.1) is 16.0 Å². The van der Waals surface area contributed by atoms with Gasteiger partial charge in [0.15, 0.2) is 5.79 Å². The molecular formula is C15H19F3N2O4. The lowest BCUT2D eigenvalue weighted by molar-refractivity contribution is -0.388. The fourth-order valence-electron chi connectivity index (χ4n) is 2.70. The van der Waals surface area contributed by atoms with Crippen LogP contribution in [-0.2, 0) is 15.7 Å². The molecule has 0 saturated carbocycles. The minimum atomic E-state index is -4.79. The number of nitrogens with zero attached hydrogens (tertiary/aromatic N) is 1. The van der Waals surface area contributed by atoms with Gasteiger partial charge in [-0.1, -0.05) is 6.92 Å². The monoisotopic (exact) mass is 348 g/mol. The highest BCUT2D eigenvalue weighted by atomic mass is 19.4. The first-order chi connectivity index (χ1) is 11.1. The zero-order chi connectivity index (χ0) is 18.0. The number of hydrogen-bond donors (Lipinski definition) is 1. The summed E-state index contributed by atoms with van der Waals surface area (Å²) in [5.41, 5.74) is -2.04. The summed E-state index contributed by atoms with van der Waals surface area (Å²) in [7, 11) is 0. The Balaban J connectivity index is 2.03. The highest BCUT2D eigenvalue weighted by Crippen LogP contribution is 2.37. The van der Waals surface area contributed by atoms with Crippen molar-refractivity contribution in [2.75, 3.05) is 25.1 Å². The van der Waals surface area contributed by atoms with E-state index in [-0.39, 0.29) is 11.6 Å². The van der Waals surface area contributed by atoms with Crippen LogP contribution in [0.4, 0.5) is 24.5 Å². The molecule has 0 spiro atoms. The average molecular weight is 348 g/mol. The van der Waals surface area contributed by atoms with Gasteiger partial charge in [-0.3, -0.25) is 10.1 Å². The quantitative estimate of drug-likeness (QED) is 0.625. The number of hydrogen-bond acceptors (Lipinski definition) is 5. The van der Waals surface area contributed by atoms with E-state index in [4.69, 9.17) is 9.47 Å². The van der Waals surface area contributed by atoms with Crippen LogP contribution in [0.25, 0.3) is 0 Å². The number of benzene rings is 1. The van der Waals surface area contributed by atoms with Crippen molar-refractivity contribution < 1.29 is 27.6 Å². The molecule has 0 aromatic heterocycles. The Kier molecular flexibility index (Phi) is 5.34. The smallest absolute Gasteiger partial charge is 0.385 e. The molecule has 1 aromatic rings. The topological polar surface area (TPSA) is 73.6 Å². The molecule has 2 rings (SSSR count). The lowest BCUT2D eigenvalue weighted by atomic mass is 10.0. The van der Waals surface area contributed by atoms with Crippen LogP contribution in [0.5, 0.6) is 0 Å². The molecule has 1 aromatic carbocycles. The highest BCUT2D eigenvalue weighted by molar-refractivity contribution is 5.55. The Morgan fingerprint density at radius 1 is 1.38 bits per heavy atom. The van der Waals surface area contributed by atoms with Crippen molar-refractivity contribution in [3.05, 3.63) is 33.9 Å². The summed E-state index contributed by atoms with van der Waals surface area (Å²) in [4.78, 5) is 9.70. The van der Waals surface area contributed by atoms with Gasteiger partial charge in [-0.2, -0.15) is 13.2 Å². The number of nitro benzene ring substituents is 1.